The minimum atomic E-state index is -5.83. The van der Waals surface area contributed by atoms with Crippen LogP contribution in [0.3, 0.4) is 0 Å². The second-order valence-electron chi connectivity index (χ2n) is 6.51. The third-order valence-electron chi connectivity index (χ3n) is 4.47. The number of nitrogens with one attached hydrogen (secondary N) is 1. The van der Waals surface area contributed by atoms with E-state index in [1.54, 1.807) is 34.9 Å². The maximum absolute atomic E-state index is 13.0. The van der Waals surface area contributed by atoms with Crippen LogP contribution >= 0.6 is 0 Å². The molecule has 0 unspecified atom stereocenters. The van der Waals surface area contributed by atoms with Crippen molar-refractivity contribution in [2.45, 2.75) is 12.3 Å². The topological polar surface area (TPSA) is 79.2 Å². The van der Waals surface area contributed by atoms with Crippen molar-refractivity contribution in [3.63, 3.8) is 0 Å². The van der Waals surface area contributed by atoms with Crippen molar-refractivity contribution >= 4 is 33.6 Å². The summed E-state index contributed by atoms with van der Waals surface area (Å²) in [5.41, 5.74) is 2.01. The largest absolute Gasteiger partial charge is 0.530 e. The molecule has 1 N–H and O–H groups in total. The van der Waals surface area contributed by atoms with Gasteiger partial charge in [-0.05, 0) is 47.9 Å². The van der Waals surface area contributed by atoms with Gasteiger partial charge in [-0.15, -0.1) is 0 Å². The summed E-state index contributed by atoms with van der Waals surface area (Å²) in [6, 6.07) is 12.9. The molecular weight excluding hydrogens is 425 g/mol. The van der Waals surface area contributed by atoms with Crippen molar-refractivity contribution in [1.82, 2.24) is 9.55 Å². The molecule has 0 aliphatic heterocycles. The lowest BCUT2D eigenvalue weighted by atomic mass is 10.1. The Kier molecular flexibility index (Phi) is 4.68. The Morgan fingerprint density at radius 2 is 1.71 bits per heavy atom. The number of anilines is 1. The molecule has 0 bridgehead atoms. The fraction of sp³-hybridized carbons (Fsp3) is 0.100. The fourth-order valence-electron chi connectivity index (χ4n) is 3.09. The number of rotatable bonds is 4. The zero-order valence-electron chi connectivity index (χ0n) is 15.3. The van der Waals surface area contributed by atoms with Crippen LogP contribution in [0.25, 0.3) is 27.5 Å². The van der Waals surface area contributed by atoms with Gasteiger partial charge < -0.3 is 20.0 Å². The van der Waals surface area contributed by atoms with E-state index in [9.17, 15) is 31.9 Å². The predicted molar refractivity (Wildman–Crippen MR) is 99.2 cm³/mol. The number of benzene rings is 3. The van der Waals surface area contributed by atoms with Gasteiger partial charge in [0.15, 0.2) is 0 Å². The Hall–Kier alpha value is -3.89. The summed E-state index contributed by atoms with van der Waals surface area (Å²) in [6.45, 7) is 0. The molecule has 1 heterocycles. The van der Waals surface area contributed by atoms with Crippen LogP contribution in [-0.2, 0) is 0 Å². The molecule has 0 atom stereocenters. The van der Waals surface area contributed by atoms with Gasteiger partial charge in [0.05, 0.1) is 11.0 Å². The van der Waals surface area contributed by atoms with Gasteiger partial charge in [0, 0.05) is 16.8 Å². The van der Waals surface area contributed by atoms with Crippen molar-refractivity contribution < 1.29 is 36.6 Å². The van der Waals surface area contributed by atoms with Crippen molar-refractivity contribution in [2.75, 3.05) is 5.32 Å². The highest BCUT2D eigenvalue weighted by Gasteiger charge is 2.61. The quantitative estimate of drug-likeness (QED) is 0.479. The first-order chi connectivity index (χ1) is 14.5. The van der Waals surface area contributed by atoms with Crippen LogP contribution in [0.15, 0.2) is 60.9 Å². The first-order valence-electron chi connectivity index (χ1n) is 8.67. The first kappa shape index (κ1) is 20.4. The number of nitrogens with zero attached hydrogens (tertiary/aromatic N) is 2. The molecule has 0 aliphatic carbocycles. The third-order valence-corrected chi connectivity index (χ3v) is 4.47. The van der Waals surface area contributed by atoms with Gasteiger partial charge in [-0.1, -0.05) is 12.1 Å². The molecule has 31 heavy (non-hydrogen) atoms. The maximum Gasteiger partial charge on any atom is 0.499 e. The third kappa shape index (κ3) is 3.81. The number of hydrogen-bond acceptors (Lipinski definition) is 4. The predicted octanol–water partition coefficient (Wildman–Crippen LogP) is 4.47. The van der Waals surface area contributed by atoms with Gasteiger partial charge in [0.1, 0.15) is 18.2 Å². The molecule has 4 rings (SSSR count). The highest BCUT2D eigenvalue weighted by Crippen LogP contribution is 2.37. The minimum absolute atomic E-state index is 0.331. The van der Waals surface area contributed by atoms with Crippen LogP contribution in [0.2, 0.25) is 0 Å². The molecule has 0 aliphatic rings. The van der Waals surface area contributed by atoms with Crippen LogP contribution < -0.4 is 15.2 Å². The van der Waals surface area contributed by atoms with Crippen LogP contribution in [0, 0.1) is 0 Å². The summed E-state index contributed by atoms with van der Waals surface area (Å²) in [6.07, 6.45) is -11.1. The van der Waals surface area contributed by atoms with Crippen LogP contribution in [0.5, 0.6) is 5.75 Å². The van der Waals surface area contributed by atoms with E-state index < -0.39 is 24.1 Å². The molecule has 0 radical (unpaired) electrons. The number of halogens is 5. The molecule has 4 aromatic rings. The number of ether oxygens (including phenoxy) is 1. The molecule has 1 aromatic heterocycles. The Balaban J connectivity index is 1.67. The Labute approximate surface area is 170 Å². The Morgan fingerprint density at radius 3 is 2.35 bits per heavy atom. The number of carbonyl (C=O) groups excluding carboxylic acids is 1. The van der Waals surface area contributed by atoms with Crippen LogP contribution in [0.4, 0.5) is 32.4 Å². The minimum Gasteiger partial charge on any atom is -0.530 e. The van der Waals surface area contributed by atoms with Crippen molar-refractivity contribution in [1.29, 1.82) is 0 Å². The van der Waals surface area contributed by atoms with Crippen LogP contribution in [-0.4, -0.2) is 27.9 Å². The van der Waals surface area contributed by atoms with Crippen molar-refractivity contribution in [3.8, 4) is 11.4 Å². The maximum atomic E-state index is 13.0. The monoisotopic (exact) mass is 436 g/mol. The molecule has 0 saturated carbocycles. The van der Waals surface area contributed by atoms with E-state index in [-0.39, 0.29) is 0 Å². The highest BCUT2D eigenvalue weighted by atomic mass is 19.4. The second kappa shape index (κ2) is 7.11. The molecule has 1 amide bonds. The average molecular weight is 436 g/mol. The molecule has 0 spiro atoms. The molecule has 0 saturated heterocycles. The smallest absolute Gasteiger partial charge is 0.499 e. The lowest BCUT2D eigenvalue weighted by molar-refractivity contribution is -0.360. The van der Waals surface area contributed by atoms with E-state index in [4.69, 9.17) is 0 Å². The summed E-state index contributed by atoms with van der Waals surface area (Å²) in [4.78, 5) is 15.0. The van der Waals surface area contributed by atoms with E-state index in [1.807, 2.05) is 0 Å². The first-order valence-corrected chi connectivity index (χ1v) is 8.67. The molecule has 0 fully saturated rings. The van der Waals surface area contributed by atoms with Gasteiger partial charge in [0.25, 0.3) is 0 Å². The highest BCUT2D eigenvalue weighted by molar-refractivity contribution is 6.06. The summed E-state index contributed by atoms with van der Waals surface area (Å²) in [5.74, 6) is -0.645. The molecule has 6 nitrogen and oxygen atoms in total. The van der Waals surface area contributed by atoms with Gasteiger partial charge in [-0.3, -0.25) is 4.57 Å². The van der Waals surface area contributed by atoms with E-state index in [0.717, 1.165) is 17.5 Å². The lowest BCUT2D eigenvalue weighted by Crippen LogP contribution is -2.41. The summed E-state index contributed by atoms with van der Waals surface area (Å²) in [7, 11) is 0. The number of fused-ring (bicyclic) bond motifs is 3. The zero-order chi connectivity index (χ0) is 22.4. The number of hydrogen-bond donors (Lipinski definition) is 1. The van der Waals surface area contributed by atoms with E-state index in [0.29, 0.717) is 27.8 Å². The van der Waals surface area contributed by atoms with Gasteiger partial charge >= 0.3 is 12.3 Å². The second-order valence-corrected chi connectivity index (χ2v) is 6.51. The number of carboxylic acid groups (broad SMARTS) is 1. The van der Waals surface area contributed by atoms with E-state index in [1.165, 1.54) is 18.5 Å². The number of alkyl halides is 5. The number of aromatic nitrogens is 2. The van der Waals surface area contributed by atoms with Gasteiger partial charge in [-0.25, -0.2) is 4.98 Å². The Morgan fingerprint density at radius 1 is 1.00 bits per heavy atom. The molecule has 11 heteroatoms. The number of amides is 1. The Bertz CT molecular complexity index is 1280. The molecule has 3 aromatic carbocycles. The molecule has 160 valence electrons. The van der Waals surface area contributed by atoms with Crippen LogP contribution in [0.1, 0.15) is 0 Å². The van der Waals surface area contributed by atoms with E-state index in [2.05, 4.69) is 15.0 Å². The number of carbonyl (C=O) groups is 1. The van der Waals surface area contributed by atoms with Crippen molar-refractivity contribution in [3.05, 3.63) is 60.9 Å². The van der Waals surface area contributed by atoms with Gasteiger partial charge in [0.2, 0.25) is 0 Å². The SMILES string of the molecule is O=C([O-])Nc1ccc2c(ccc3c2ncn3-c2ccc(OC(F)(F)C(F)(F)F)cc2)c1. The average Bonchev–Trinajstić information content (AvgIpc) is 3.11. The standard InChI is InChI=1S/C20H12F5N3O3/c21-19(22,23)20(24,25)31-14-5-3-13(4-6-14)28-10-26-17-15-7-2-12(27-18(29)30)9-11(15)1-8-16(17)28/h1-10,27H,(H,29,30)/p-1. The normalized spacial score (nSPS) is 12.3. The summed E-state index contributed by atoms with van der Waals surface area (Å²) < 4.78 is 68.4. The summed E-state index contributed by atoms with van der Waals surface area (Å²) in [5, 5.41) is 14.3. The fourth-order valence-corrected chi connectivity index (χ4v) is 3.09. The summed E-state index contributed by atoms with van der Waals surface area (Å²) >= 11 is 0. The lowest BCUT2D eigenvalue weighted by Gasteiger charge is -2.20. The van der Waals surface area contributed by atoms with Gasteiger partial charge in [-0.2, -0.15) is 22.0 Å². The van der Waals surface area contributed by atoms with E-state index >= 15 is 0 Å². The number of imidazole rings is 1. The molecular formula is C20H11F5N3O3-. The zero-order valence-corrected chi connectivity index (χ0v) is 15.3. The van der Waals surface area contributed by atoms with Crippen molar-refractivity contribution in [2.24, 2.45) is 0 Å².